The molecule has 0 fully saturated rings. The molecule has 0 N–H and O–H groups in total. The van der Waals surface area contributed by atoms with Crippen LogP contribution in [-0.4, -0.2) is 33.6 Å². The Balaban J connectivity index is 3.05. The molecule has 0 aliphatic carbocycles. The average molecular weight is 276 g/mol. The molecule has 1 aromatic rings. The molecule has 0 bridgehead atoms. The monoisotopic (exact) mass is 275 g/mol. The molecule has 1 unspecified atom stereocenters. The quantitative estimate of drug-likeness (QED) is 0.849. The van der Waals surface area contributed by atoms with Crippen LogP contribution >= 0.6 is 23.2 Å². The van der Waals surface area contributed by atoms with Crippen LogP contribution in [0.2, 0.25) is 10.3 Å². The molecule has 4 nitrogen and oxygen atoms in total. The van der Waals surface area contributed by atoms with Crippen molar-refractivity contribution in [3.63, 3.8) is 0 Å². The molecule has 0 saturated heterocycles. The van der Waals surface area contributed by atoms with E-state index in [2.05, 4.69) is 10.2 Å². The maximum absolute atomic E-state index is 12.3. The lowest BCUT2D eigenvalue weighted by Gasteiger charge is -2.27. The van der Waals surface area contributed by atoms with Gasteiger partial charge in [0.25, 0.3) is 5.91 Å². The summed E-state index contributed by atoms with van der Waals surface area (Å²) in [6.45, 7) is 6.56. The van der Waals surface area contributed by atoms with Gasteiger partial charge in [-0.05, 0) is 26.3 Å². The third-order valence-electron chi connectivity index (χ3n) is 2.67. The van der Waals surface area contributed by atoms with E-state index in [0.717, 1.165) is 6.42 Å². The zero-order chi connectivity index (χ0) is 13.0. The Bertz CT molecular complexity index is 412. The third-order valence-corrected chi connectivity index (χ3v) is 3.14. The van der Waals surface area contributed by atoms with Crippen molar-refractivity contribution in [2.24, 2.45) is 0 Å². The molecule has 0 radical (unpaired) electrons. The van der Waals surface area contributed by atoms with Crippen LogP contribution in [0, 0.1) is 0 Å². The summed E-state index contributed by atoms with van der Waals surface area (Å²) in [5, 5.41) is 7.47. The SMILES string of the molecule is CCC(C)N(CC)C(=O)c1cc(Cl)nnc1Cl. The van der Waals surface area contributed by atoms with E-state index < -0.39 is 0 Å². The van der Waals surface area contributed by atoms with Crippen LogP contribution in [0.15, 0.2) is 6.07 Å². The normalized spacial score (nSPS) is 12.3. The summed E-state index contributed by atoms with van der Waals surface area (Å²) in [6.07, 6.45) is 0.878. The molecule has 0 spiro atoms. The first-order valence-electron chi connectivity index (χ1n) is 5.50. The van der Waals surface area contributed by atoms with Crippen molar-refractivity contribution in [1.82, 2.24) is 15.1 Å². The maximum Gasteiger partial charge on any atom is 0.257 e. The largest absolute Gasteiger partial charge is 0.336 e. The standard InChI is InChI=1S/C11H15Cl2N3O/c1-4-7(3)16(5-2)11(17)8-6-9(12)14-15-10(8)13/h6-7H,4-5H2,1-3H3. The molecular formula is C11H15Cl2N3O. The minimum absolute atomic E-state index is 0.0844. The summed E-state index contributed by atoms with van der Waals surface area (Å²) >= 11 is 11.6. The molecule has 17 heavy (non-hydrogen) atoms. The fourth-order valence-electron chi connectivity index (χ4n) is 1.53. The van der Waals surface area contributed by atoms with Crippen LogP contribution < -0.4 is 0 Å². The molecule has 6 heteroatoms. The zero-order valence-electron chi connectivity index (χ0n) is 10.1. The van der Waals surface area contributed by atoms with Crippen LogP contribution in [0.5, 0.6) is 0 Å². The highest BCUT2D eigenvalue weighted by Crippen LogP contribution is 2.19. The first-order valence-corrected chi connectivity index (χ1v) is 6.26. The third kappa shape index (κ3) is 3.30. The Labute approximate surface area is 111 Å². The van der Waals surface area contributed by atoms with E-state index in [1.54, 1.807) is 4.90 Å². The van der Waals surface area contributed by atoms with Gasteiger partial charge in [0.05, 0.1) is 5.56 Å². The molecule has 0 aliphatic rings. The van der Waals surface area contributed by atoms with E-state index in [-0.39, 0.29) is 22.3 Å². The van der Waals surface area contributed by atoms with Crippen LogP contribution in [0.4, 0.5) is 0 Å². The molecule has 1 heterocycles. The van der Waals surface area contributed by atoms with E-state index in [1.807, 2.05) is 20.8 Å². The zero-order valence-corrected chi connectivity index (χ0v) is 11.6. The van der Waals surface area contributed by atoms with Gasteiger partial charge in [-0.25, -0.2) is 0 Å². The van der Waals surface area contributed by atoms with Gasteiger partial charge in [-0.1, -0.05) is 30.1 Å². The number of carbonyl (C=O) groups excluding carboxylic acids is 1. The van der Waals surface area contributed by atoms with Crippen molar-refractivity contribution in [1.29, 1.82) is 0 Å². The van der Waals surface area contributed by atoms with Crippen molar-refractivity contribution in [3.8, 4) is 0 Å². The van der Waals surface area contributed by atoms with Gasteiger partial charge >= 0.3 is 0 Å². The number of hydrogen-bond donors (Lipinski definition) is 0. The number of carbonyl (C=O) groups is 1. The highest BCUT2D eigenvalue weighted by molar-refractivity contribution is 6.34. The molecule has 1 atom stereocenters. The molecule has 1 amide bonds. The number of amides is 1. The van der Waals surface area contributed by atoms with Crippen LogP contribution in [0.3, 0.4) is 0 Å². The Morgan fingerprint density at radius 2 is 2.06 bits per heavy atom. The van der Waals surface area contributed by atoms with E-state index in [1.165, 1.54) is 6.07 Å². The lowest BCUT2D eigenvalue weighted by Crippen LogP contribution is -2.38. The van der Waals surface area contributed by atoms with Crippen LogP contribution in [0.1, 0.15) is 37.6 Å². The average Bonchev–Trinajstić information content (AvgIpc) is 2.32. The minimum Gasteiger partial charge on any atom is -0.336 e. The summed E-state index contributed by atoms with van der Waals surface area (Å²) in [6, 6.07) is 1.60. The predicted molar refractivity (Wildman–Crippen MR) is 68.5 cm³/mol. The number of aromatic nitrogens is 2. The first kappa shape index (κ1) is 14.2. The molecule has 0 saturated carbocycles. The van der Waals surface area contributed by atoms with Gasteiger partial charge in [-0.3, -0.25) is 4.79 Å². The Hall–Kier alpha value is -0.870. The number of hydrogen-bond acceptors (Lipinski definition) is 3. The fraction of sp³-hybridized carbons (Fsp3) is 0.545. The van der Waals surface area contributed by atoms with Crippen molar-refractivity contribution < 1.29 is 4.79 Å². The first-order chi connectivity index (χ1) is 8.01. The molecule has 1 rings (SSSR count). The predicted octanol–water partition coefficient (Wildman–Crippen LogP) is 3.04. The molecule has 94 valence electrons. The summed E-state index contributed by atoms with van der Waals surface area (Å²) in [5.74, 6) is -0.163. The minimum atomic E-state index is -0.163. The second-order valence-corrected chi connectivity index (χ2v) is 4.47. The van der Waals surface area contributed by atoms with Gasteiger partial charge in [0.2, 0.25) is 0 Å². The molecule has 0 aromatic carbocycles. The second kappa shape index (κ2) is 6.17. The van der Waals surface area contributed by atoms with Crippen molar-refractivity contribution >= 4 is 29.1 Å². The molecular weight excluding hydrogens is 261 g/mol. The van der Waals surface area contributed by atoms with E-state index in [9.17, 15) is 4.79 Å². The Morgan fingerprint density at radius 1 is 1.41 bits per heavy atom. The van der Waals surface area contributed by atoms with Crippen molar-refractivity contribution in [3.05, 3.63) is 21.9 Å². The van der Waals surface area contributed by atoms with Gasteiger partial charge in [0.15, 0.2) is 10.3 Å². The summed E-state index contributed by atoms with van der Waals surface area (Å²) < 4.78 is 0. The number of nitrogens with zero attached hydrogens (tertiary/aromatic N) is 3. The lowest BCUT2D eigenvalue weighted by molar-refractivity contribution is 0.0699. The van der Waals surface area contributed by atoms with Gasteiger partial charge in [-0.2, -0.15) is 0 Å². The highest BCUT2D eigenvalue weighted by atomic mass is 35.5. The van der Waals surface area contributed by atoms with Gasteiger partial charge in [0.1, 0.15) is 0 Å². The van der Waals surface area contributed by atoms with E-state index >= 15 is 0 Å². The molecule has 0 aliphatic heterocycles. The number of halogens is 2. The van der Waals surface area contributed by atoms with Crippen LogP contribution in [-0.2, 0) is 0 Å². The summed E-state index contributed by atoms with van der Waals surface area (Å²) in [7, 11) is 0. The van der Waals surface area contributed by atoms with Crippen molar-refractivity contribution in [2.45, 2.75) is 33.2 Å². The maximum atomic E-state index is 12.3. The Morgan fingerprint density at radius 3 is 2.59 bits per heavy atom. The van der Waals surface area contributed by atoms with Crippen LogP contribution in [0.25, 0.3) is 0 Å². The van der Waals surface area contributed by atoms with E-state index in [4.69, 9.17) is 23.2 Å². The van der Waals surface area contributed by atoms with E-state index in [0.29, 0.717) is 12.1 Å². The lowest BCUT2D eigenvalue weighted by atomic mass is 10.2. The number of rotatable bonds is 4. The van der Waals surface area contributed by atoms with Gasteiger partial charge in [0, 0.05) is 12.6 Å². The molecule has 1 aromatic heterocycles. The highest BCUT2D eigenvalue weighted by Gasteiger charge is 2.22. The van der Waals surface area contributed by atoms with Gasteiger partial charge < -0.3 is 4.90 Å². The Kier molecular flexibility index (Phi) is 5.15. The fourth-order valence-corrected chi connectivity index (χ4v) is 1.85. The smallest absolute Gasteiger partial charge is 0.257 e. The van der Waals surface area contributed by atoms with Crippen molar-refractivity contribution in [2.75, 3.05) is 6.54 Å². The van der Waals surface area contributed by atoms with Gasteiger partial charge in [-0.15, -0.1) is 10.2 Å². The summed E-state index contributed by atoms with van der Waals surface area (Å²) in [4.78, 5) is 14.0. The second-order valence-electron chi connectivity index (χ2n) is 3.72. The summed E-state index contributed by atoms with van der Waals surface area (Å²) in [5.41, 5.74) is 0.300. The topological polar surface area (TPSA) is 46.1 Å².